The second kappa shape index (κ2) is 7.44. The van der Waals surface area contributed by atoms with Gasteiger partial charge in [-0.1, -0.05) is 0 Å². The van der Waals surface area contributed by atoms with E-state index in [1.165, 1.54) is 0 Å². The highest BCUT2D eigenvalue weighted by atomic mass is 16.6. The first-order valence-electron chi connectivity index (χ1n) is 6.66. The third-order valence-corrected chi connectivity index (χ3v) is 2.35. The van der Waals surface area contributed by atoms with Crippen molar-refractivity contribution in [2.75, 3.05) is 6.61 Å². The SMILES string of the molecule is C/C(=N/NC(=O)OC(C)(C)C)c1ccc(OCC(=O)O)cc1. The van der Waals surface area contributed by atoms with Crippen LogP contribution in [0.5, 0.6) is 5.75 Å². The quantitative estimate of drug-likeness (QED) is 0.643. The molecule has 0 radical (unpaired) electrons. The molecule has 1 aromatic rings. The van der Waals surface area contributed by atoms with Gasteiger partial charge in [-0.15, -0.1) is 0 Å². The number of benzene rings is 1. The molecule has 0 fully saturated rings. The van der Waals surface area contributed by atoms with E-state index < -0.39 is 24.3 Å². The maximum absolute atomic E-state index is 11.5. The third kappa shape index (κ3) is 6.74. The lowest BCUT2D eigenvalue weighted by atomic mass is 10.1. The molecule has 0 saturated heterocycles. The van der Waals surface area contributed by atoms with Crippen molar-refractivity contribution in [1.29, 1.82) is 0 Å². The summed E-state index contributed by atoms with van der Waals surface area (Å²) in [5, 5.41) is 12.5. The van der Waals surface area contributed by atoms with Crippen LogP contribution in [-0.4, -0.2) is 35.1 Å². The highest BCUT2D eigenvalue weighted by Crippen LogP contribution is 2.13. The van der Waals surface area contributed by atoms with Gasteiger partial charge in [0.05, 0.1) is 5.71 Å². The van der Waals surface area contributed by atoms with Crippen LogP contribution in [0.1, 0.15) is 33.3 Å². The molecule has 1 amide bonds. The Morgan fingerprint density at radius 2 is 1.82 bits per heavy atom. The third-order valence-electron chi connectivity index (χ3n) is 2.35. The van der Waals surface area contributed by atoms with Gasteiger partial charge in [-0.25, -0.2) is 15.0 Å². The summed E-state index contributed by atoms with van der Waals surface area (Å²) in [6.07, 6.45) is -0.631. The number of carbonyl (C=O) groups excluding carboxylic acids is 1. The molecule has 0 unspecified atom stereocenters. The van der Waals surface area contributed by atoms with E-state index in [1.54, 1.807) is 52.0 Å². The smallest absolute Gasteiger partial charge is 0.428 e. The summed E-state index contributed by atoms with van der Waals surface area (Å²) in [6, 6.07) is 6.69. The molecule has 0 spiro atoms. The van der Waals surface area contributed by atoms with E-state index >= 15 is 0 Å². The summed E-state index contributed by atoms with van der Waals surface area (Å²) in [4.78, 5) is 21.9. The van der Waals surface area contributed by atoms with E-state index in [4.69, 9.17) is 14.6 Å². The molecule has 120 valence electrons. The molecule has 0 aliphatic heterocycles. The maximum Gasteiger partial charge on any atom is 0.428 e. The largest absolute Gasteiger partial charge is 0.482 e. The first kappa shape index (κ1) is 17.5. The van der Waals surface area contributed by atoms with E-state index in [0.717, 1.165) is 5.56 Å². The zero-order valence-electron chi connectivity index (χ0n) is 13.0. The zero-order valence-corrected chi connectivity index (χ0v) is 13.0. The Hall–Kier alpha value is -2.57. The van der Waals surface area contributed by atoms with Gasteiger partial charge in [0.15, 0.2) is 6.61 Å². The van der Waals surface area contributed by atoms with Gasteiger partial charge in [-0.2, -0.15) is 5.10 Å². The molecular weight excluding hydrogens is 288 g/mol. The van der Waals surface area contributed by atoms with Gasteiger partial charge in [-0.3, -0.25) is 0 Å². The molecule has 0 bridgehead atoms. The van der Waals surface area contributed by atoms with Crippen LogP contribution in [0.4, 0.5) is 4.79 Å². The number of rotatable bonds is 5. The molecule has 7 nitrogen and oxygen atoms in total. The van der Waals surface area contributed by atoms with Gasteiger partial charge < -0.3 is 14.6 Å². The van der Waals surface area contributed by atoms with Crippen LogP contribution >= 0.6 is 0 Å². The number of ether oxygens (including phenoxy) is 2. The van der Waals surface area contributed by atoms with Crippen molar-refractivity contribution >= 4 is 17.8 Å². The van der Waals surface area contributed by atoms with Crippen LogP contribution in [-0.2, 0) is 9.53 Å². The van der Waals surface area contributed by atoms with Crippen molar-refractivity contribution in [3.8, 4) is 5.75 Å². The number of carboxylic acids is 1. The molecule has 0 aliphatic carbocycles. The Labute approximate surface area is 128 Å². The van der Waals surface area contributed by atoms with E-state index in [9.17, 15) is 9.59 Å². The van der Waals surface area contributed by atoms with Crippen molar-refractivity contribution in [2.24, 2.45) is 5.10 Å². The summed E-state index contributed by atoms with van der Waals surface area (Å²) < 4.78 is 10.1. The van der Waals surface area contributed by atoms with Crippen LogP contribution in [0, 0.1) is 0 Å². The van der Waals surface area contributed by atoms with Gasteiger partial charge in [0, 0.05) is 0 Å². The molecule has 1 aromatic carbocycles. The van der Waals surface area contributed by atoms with Crippen LogP contribution in [0.2, 0.25) is 0 Å². The highest BCUT2D eigenvalue weighted by molar-refractivity contribution is 5.99. The Bertz CT molecular complexity index is 558. The van der Waals surface area contributed by atoms with Crippen LogP contribution in [0.3, 0.4) is 0 Å². The molecule has 22 heavy (non-hydrogen) atoms. The number of hydrogen-bond donors (Lipinski definition) is 2. The van der Waals surface area contributed by atoms with Crippen molar-refractivity contribution in [3.05, 3.63) is 29.8 Å². The molecule has 0 heterocycles. The summed E-state index contributed by atoms with van der Waals surface area (Å²) in [5.41, 5.74) is 3.07. The van der Waals surface area contributed by atoms with Crippen LogP contribution in [0.15, 0.2) is 29.4 Å². The van der Waals surface area contributed by atoms with Gasteiger partial charge in [-0.05, 0) is 57.5 Å². The minimum Gasteiger partial charge on any atom is -0.482 e. The lowest BCUT2D eigenvalue weighted by Gasteiger charge is -2.18. The number of carbonyl (C=O) groups is 2. The molecule has 0 atom stereocenters. The van der Waals surface area contributed by atoms with E-state index in [1.807, 2.05) is 0 Å². The molecule has 7 heteroatoms. The molecule has 0 aromatic heterocycles. The number of carboxylic acid groups (broad SMARTS) is 1. The molecule has 0 aliphatic rings. The van der Waals surface area contributed by atoms with Crippen LogP contribution < -0.4 is 10.2 Å². The van der Waals surface area contributed by atoms with Crippen molar-refractivity contribution in [2.45, 2.75) is 33.3 Å². The number of hydrazone groups is 1. The van der Waals surface area contributed by atoms with E-state index in [-0.39, 0.29) is 0 Å². The molecule has 0 saturated carbocycles. The topological polar surface area (TPSA) is 97.2 Å². The van der Waals surface area contributed by atoms with E-state index in [2.05, 4.69) is 10.5 Å². The average molecular weight is 308 g/mol. The van der Waals surface area contributed by atoms with Crippen molar-refractivity contribution in [1.82, 2.24) is 5.43 Å². The Kier molecular flexibility index (Phi) is 5.91. The highest BCUT2D eigenvalue weighted by Gasteiger charge is 2.15. The standard InChI is InChI=1S/C15H20N2O5/c1-10(16-17-14(20)22-15(2,3)4)11-5-7-12(8-6-11)21-9-13(18)19/h5-8H,9H2,1-4H3,(H,17,20)(H,18,19)/b16-10-. The van der Waals surface area contributed by atoms with Gasteiger partial charge >= 0.3 is 12.1 Å². The normalized spacial score (nSPS) is 11.7. The average Bonchev–Trinajstić information content (AvgIpc) is 2.41. The zero-order chi connectivity index (χ0) is 16.8. The minimum absolute atomic E-state index is 0.396. The maximum atomic E-state index is 11.5. The fourth-order valence-corrected chi connectivity index (χ4v) is 1.43. The minimum atomic E-state index is -1.04. The Morgan fingerprint density at radius 1 is 1.23 bits per heavy atom. The van der Waals surface area contributed by atoms with E-state index in [0.29, 0.717) is 11.5 Å². The second-order valence-electron chi connectivity index (χ2n) is 5.52. The number of amides is 1. The molecular formula is C15H20N2O5. The fourth-order valence-electron chi connectivity index (χ4n) is 1.43. The summed E-state index contributed by atoms with van der Waals surface area (Å²) in [6.45, 7) is 6.62. The lowest BCUT2D eigenvalue weighted by Crippen LogP contribution is -2.30. The van der Waals surface area contributed by atoms with Gasteiger partial charge in [0.25, 0.3) is 0 Å². The summed E-state index contributed by atoms with van der Waals surface area (Å²) in [7, 11) is 0. The van der Waals surface area contributed by atoms with Gasteiger partial charge in [0.2, 0.25) is 0 Å². The Balaban J connectivity index is 2.61. The van der Waals surface area contributed by atoms with Crippen LogP contribution in [0.25, 0.3) is 0 Å². The molecule has 1 rings (SSSR count). The predicted molar refractivity (Wildman–Crippen MR) is 81.2 cm³/mol. The first-order valence-corrected chi connectivity index (χ1v) is 6.66. The summed E-state index contributed by atoms with van der Waals surface area (Å²) >= 11 is 0. The fraction of sp³-hybridized carbons (Fsp3) is 0.400. The predicted octanol–water partition coefficient (Wildman–Crippen LogP) is 2.40. The van der Waals surface area contributed by atoms with Crippen molar-refractivity contribution < 1.29 is 24.2 Å². The monoisotopic (exact) mass is 308 g/mol. The lowest BCUT2D eigenvalue weighted by molar-refractivity contribution is -0.139. The second-order valence-corrected chi connectivity index (χ2v) is 5.52. The van der Waals surface area contributed by atoms with Gasteiger partial charge in [0.1, 0.15) is 11.4 Å². The first-order chi connectivity index (χ1) is 10.2. The van der Waals surface area contributed by atoms with Crippen molar-refractivity contribution in [3.63, 3.8) is 0 Å². The number of nitrogens with zero attached hydrogens (tertiary/aromatic N) is 1. The Morgan fingerprint density at radius 3 is 2.32 bits per heavy atom. The molecule has 2 N–H and O–H groups in total. The number of nitrogens with one attached hydrogen (secondary N) is 1. The number of aliphatic carboxylic acids is 1. The number of hydrogen-bond acceptors (Lipinski definition) is 5. The summed E-state index contributed by atoms with van der Waals surface area (Å²) in [5.74, 6) is -0.595.